The minimum absolute atomic E-state index is 0.375. The van der Waals surface area contributed by atoms with Crippen LogP contribution in [0.2, 0.25) is 5.32 Å². The molecule has 0 amide bonds. The minimum atomic E-state index is -1.92. The predicted molar refractivity (Wildman–Crippen MR) is 84.4 cm³/mol. The van der Waals surface area contributed by atoms with Crippen LogP contribution in [0.5, 0.6) is 0 Å². The molecule has 1 aromatic carbocycles. The monoisotopic (exact) mass is 355 g/mol. The molecule has 0 saturated heterocycles. The van der Waals surface area contributed by atoms with Gasteiger partial charge in [-0.3, -0.25) is 0 Å². The van der Waals surface area contributed by atoms with Crippen molar-refractivity contribution in [3.05, 3.63) is 52.7 Å². The van der Waals surface area contributed by atoms with Crippen LogP contribution in [-0.4, -0.2) is 30.7 Å². The summed E-state index contributed by atoms with van der Waals surface area (Å²) >= 11 is 1.58. The predicted octanol–water partition coefficient (Wildman–Crippen LogP) is 2.94. The Morgan fingerprint density at radius 1 is 1.21 bits per heavy atom. The van der Waals surface area contributed by atoms with E-state index in [0.717, 1.165) is 21.4 Å². The fraction of sp³-hybridized carbons (Fsp3) is 0.214. The fourth-order valence-corrected chi connectivity index (χ4v) is 7.03. The molecule has 2 nitrogen and oxygen atoms in total. The van der Waals surface area contributed by atoms with E-state index in [2.05, 4.69) is 16.4 Å². The third-order valence-electron chi connectivity index (χ3n) is 2.79. The quantitative estimate of drug-likeness (QED) is 0.790. The van der Waals surface area contributed by atoms with Gasteiger partial charge in [-0.1, -0.05) is 0 Å². The summed E-state index contributed by atoms with van der Waals surface area (Å²) in [6.07, 6.45) is 0. The van der Waals surface area contributed by atoms with E-state index >= 15 is 0 Å². The van der Waals surface area contributed by atoms with Crippen molar-refractivity contribution in [3.63, 3.8) is 0 Å². The summed E-state index contributed by atoms with van der Waals surface area (Å²) in [5.41, 5.74) is 0. The Kier molecular flexibility index (Phi) is 4.28. The van der Waals surface area contributed by atoms with Crippen molar-refractivity contribution in [1.82, 2.24) is 0 Å². The molecular weight excluding hydrogens is 341 g/mol. The molecule has 0 aliphatic carbocycles. The third kappa shape index (κ3) is 3.23. The van der Waals surface area contributed by atoms with Gasteiger partial charge in [-0.05, 0) is 0 Å². The molecule has 2 aromatic rings. The van der Waals surface area contributed by atoms with Crippen LogP contribution in [-0.2, 0) is 3.83 Å². The first-order valence-corrected chi connectivity index (χ1v) is 10.5. The zero-order valence-electron chi connectivity index (χ0n) is 10.2. The van der Waals surface area contributed by atoms with Gasteiger partial charge in [-0.25, -0.2) is 0 Å². The maximum absolute atomic E-state index is 12.3. The van der Waals surface area contributed by atoms with Crippen molar-refractivity contribution in [2.75, 3.05) is 6.54 Å². The van der Waals surface area contributed by atoms with Gasteiger partial charge in [-0.2, -0.15) is 0 Å². The van der Waals surface area contributed by atoms with Crippen LogP contribution in [0.25, 0.3) is 0 Å². The Balaban J connectivity index is 1.61. The van der Waals surface area contributed by atoms with E-state index in [0.29, 0.717) is 5.25 Å². The average molecular weight is 354 g/mol. The fourth-order valence-electron chi connectivity index (χ4n) is 1.88. The number of nitrogens with zero attached hydrogens (tertiary/aromatic N) is 1. The average Bonchev–Trinajstić information content (AvgIpc) is 3.10. The van der Waals surface area contributed by atoms with Crippen LogP contribution >= 0.6 is 23.1 Å². The van der Waals surface area contributed by atoms with E-state index in [4.69, 9.17) is 0 Å². The molecule has 2 unspecified atom stereocenters. The molecule has 1 aliphatic rings. The zero-order valence-corrected chi connectivity index (χ0v) is 13.5. The summed E-state index contributed by atoms with van der Waals surface area (Å²) in [5.74, 6) is 0. The van der Waals surface area contributed by atoms with E-state index in [9.17, 15) is 3.83 Å². The van der Waals surface area contributed by atoms with Crippen LogP contribution in [0.4, 0.5) is 0 Å². The first-order chi connectivity index (χ1) is 9.33. The summed E-state index contributed by atoms with van der Waals surface area (Å²) in [6, 6.07) is 14.0. The molecule has 1 aliphatic heterocycles. The molecule has 3 rings (SSSR count). The van der Waals surface area contributed by atoms with Crippen molar-refractivity contribution in [2.45, 2.75) is 10.6 Å². The number of benzene rings is 1. The van der Waals surface area contributed by atoms with Crippen molar-refractivity contribution in [2.24, 2.45) is 4.99 Å². The number of thiophene rings is 1. The Morgan fingerprint density at radius 3 is 2.79 bits per heavy atom. The van der Waals surface area contributed by atoms with E-state index in [1.807, 2.05) is 36.4 Å². The molecule has 2 atom stereocenters. The van der Waals surface area contributed by atoms with Crippen LogP contribution in [0.1, 0.15) is 4.88 Å². The Bertz CT molecular complexity index is 595. The van der Waals surface area contributed by atoms with E-state index in [-0.39, 0.29) is 0 Å². The topological polar surface area (TPSA) is 29.4 Å². The molecule has 1 aromatic heterocycles. The zero-order chi connectivity index (χ0) is 13.1. The van der Waals surface area contributed by atoms with Gasteiger partial charge in [-0.15, -0.1) is 0 Å². The third-order valence-corrected chi connectivity index (χ3v) is 8.65. The van der Waals surface area contributed by atoms with Gasteiger partial charge < -0.3 is 0 Å². The number of rotatable bonds is 4. The van der Waals surface area contributed by atoms with Gasteiger partial charge in [0.15, 0.2) is 0 Å². The SMILES string of the molecule is O=[Se](CC1CN=C(c2cccs2)S1)c1ccccc1. The summed E-state index contributed by atoms with van der Waals surface area (Å²) in [6.45, 7) is 0.799. The second-order valence-corrected chi connectivity index (χ2v) is 9.56. The Hall–Kier alpha value is -0.741. The second-order valence-electron chi connectivity index (χ2n) is 4.19. The molecular formula is C14H13NOS2Se. The summed E-state index contributed by atoms with van der Waals surface area (Å²) < 4.78 is 13.3. The standard InChI is InChI=1S/C14H13NOS2Se/c16-19(12-5-2-1-3-6-12)10-11-9-15-14(18-11)13-7-4-8-17-13/h1-8,11H,9-10H2. The van der Waals surface area contributed by atoms with Crippen molar-refractivity contribution in [3.8, 4) is 0 Å². The molecule has 98 valence electrons. The summed E-state index contributed by atoms with van der Waals surface area (Å²) in [7, 11) is 0. The molecule has 19 heavy (non-hydrogen) atoms. The maximum atomic E-state index is 12.3. The number of hydrogen-bond acceptors (Lipinski definition) is 4. The number of thioether (sulfide) groups is 1. The molecule has 0 spiro atoms. The summed E-state index contributed by atoms with van der Waals surface area (Å²) in [4.78, 5) is 5.81. The number of hydrogen-bond donors (Lipinski definition) is 0. The first-order valence-electron chi connectivity index (χ1n) is 6.01. The van der Waals surface area contributed by atoms with Gasteiger partial charge in [0, 0.05) is 0 Å². The molecule has 0 radical (unpaired) electrons. The van der Waals surface area contributed by atoms with Crippen LogP contribution < -0.4 is 4.46 Å². The van der Waals surface area contributed by atoms with Gasteiger partial charge >= 0.3 is 125 Å². The van der Waals surface area contributed by atoms with Crippen LogP contribution in [0, 0.1) is 0 Å². The van der Waals surface area contributed by atoms with E-state index in [1.54, 1.807) is 23.1 Å². The van der Waals surface area contributed by atoms with Crippen molar-refractivity contribution >= 4 is 46.4 Å². The van der Waals surface area contributed by atoms with Gasteiger partial charge in [0.1, 0.15) is 0 Å². The van der Waals surface area contributed by atoms with E-state index < -0.39 is 13.8 Å². The van der Waals surface area contributed by atoms with Crippen molar-refractivity contribution < 1.29 is 3.83 Å². The van der Waals surface area contributed by atoms with Gasteiger partial charge in [0.05, 0.1) is 0 Å². The molecule has 2 heterocycles. The van der Waals surface area contributed by atoms with E-state index in [1.165, 1.54) is 4.88 Å². The van der Waals surface area contributed by atoms with Crippen LogP contribution in [0.15, 0.2) is 52.8 Å². The van der Waals surface area contributed by atoms with Gasteiger partial charge in [0.2, 0.25) is 0 Å². The first kappa shape index (κ1) is 13.3. The molecule has 0 N–H and O–H groups in total. The second kappa shape index (κ2) is 6.14. The normalized spacial score (nSPS) is 20.2. The van der Waals surface area contributed by atoms with Crippen molar-refractivity contribution in [1.29, 1.82) is 0 Å². The molecule has 0 saturated carbocycles. The Morgan fingerprint density at radius 2 is 2.05 bits per heavy atom. The van der Waals surface area contributed by atoms with Gasteiger partial charge in [0.25, 0.3) is 0 Å². The Labute approximate surface area is 125 Å². The van der Waals surface area contributed by atoms with Crippen LogP contribution in [0.3, 0.4) is 0 Å². The summed E-state index contributed by atoms with van der Waals surface area (Å²) in [5, 5.41) is 4.33. The molecule has 5 heteroatoms. The molecule has 0 fully saturated rings. The number of aliphatic imine (C=N–C) groups is 1. The molecule has 0 bridgehead atoms.